The zero-order chi connectivity index (χ0) is 12.4. The Morgan fingerprint density at radius 1 is 1.17 bits per heavy atom. The summed E-state index contributed by atoms with van der Waals surface area (Å²) in [6.07, 6.45) is 0.965. The SMILES string of the molecule is Cc1ccc(Nc2cc3c(nn2)CCNC3)cc1. The predicted octanol–water partition coefficient (Wildman–Crippen LogP) is 2.17. The molecule has 1 aromatic carbocycles. The average molecular weight is 240 g/mol. The smallest absolute Gasteiger partial charge is 0.153 e. The molecule has 0 atom stereocenters. The van der Waals surface area contributed by atoms with Crippen molar-refractivity contribution in [2.24, 2.45) is 0 Å². The average Bonchev–Trinajstić information content (AvgIpc) is 2.41. The van der Waals surface area contributed by atoms with Gasteiger partial charge in [-0.25, -0.2) is 0 Å². The molecule has 0 saturated carbocycles. The van der Waals surface area contributed by atoms with E-state index in [9.17, 15) is 0 Å². The summed E-state index contributed by atoms with van der Waals surface area (Å²) in [7, 11) is 0. The summed E-state index contributed by atoms with van der Waals surface area (Å²) in [6, 6.07) is 10.3. The van der Waals surface area contributed by atoms with Gasteiger partial charge >= 0.3 is 0 Å². The third-order valence-corrected chi connectivity index (χ3v) is 3.14. The summed E-state index contributed by atoms with van der Waals surface area (Å²) in [4.78, 5) is 0. The molecule has 92 valence electrons. The van der Waals surface area contributed by atoms with Crippen LogP contribution >= 0.6 is 0 Å². The zero-order valence-electron chi connectivity index (χ0n) is 10.4. The van der Waals surface area contributed by atoms with Crippen molar-refractivity contribution in [1.82, 2.24) is 15.5 Å². The van der Waals surface area contributed by atoms with E-state index in [1.54, 1.807) is 0 Å². The van der Waals surface area contributed by atoms with Gasteiger partial charge in [-0.05, 0) is 30.7 Å². The lowest BCUT2D eigenvalue weighted by Gasteiger charge is -2.16. The number of anilines is 2. The lowest BCUT2D eigenvalue weighted by atomic mass is 10.1. The van der Waals surface area contributed by atoms with Crippen molar-refractivity contribution in [3.8, 4) is 0 Å². The van der Waals surface area contributed by atoms with Gasteiger partial charge in [0.1, 0.15) is 0 Å². The second kappa shape index (κ2) is 4.74. The van der Waals surface area contributed by atoms with Gasteiger partial charge in [-0.3, -0.25) is 0 Å². The number of aryl methyl sites for hydroxylation is 1. The van der Waals surface area contributed by atoms with Crippen LogP contribution in [-0.4, -0.2) is 16.7 Å². The van der Waals surface area contributed by atoms with Crippen molar-refractivity contribution in [2.45, 2.75) is 19.9 Å². The Morgan fingerprint density at radius 3 is 2.83 bits per heavy atom. The van der Waals surface area contributed by atoms with Gasteiger partial charge in [0.25, 0.3) is 0 Å². The molecule has 1 aliphatic rings. The quantitative estimate of drug-likeness (QED) is 0.844. The Morgan fingerprint density at radius 2 is 2.00 bits per heavy atom. The molecule has 0 fully saturated rings. The maximum absolute atomic E-state index is 4.28. The van der Waals surface area contributed by atoms with Gasteiger partial charge < -0.3 is 10.6 Å². The third-order valence-electron chi connectivity index (χ3n) is 3.14. The zero-order valence-corrected chi connectivity index (χ0v) is 10.4. The fourth-order valence-corrected chi connectivity index (χ4v) is 2.09. The van der Waals surface area contributed by atoms with Crippen LogP contribution in [0.15, 0.2) is 30.3 Å². The van der Waals surface area contributed by atoms with E-state index >= 15 is 0 Å². The van der Waals surface area contributed by atoms with Crippen LogP contribution in [0.4, 0.5) is 11.5 Å². The van der Waals surface area contributed by atoms with E-state index in [2.05, 4.69) is 58.1 Å². The largest absolute Gasteiger partial charge is 0.339 e. The molecule has 0 amide bonds. The lowest BCUT2D eigenvalue weighted by Crippen LogP contribution is -2.25. The molecule has 4 heteroatoms. The topological polar surface area (TPSA) is 49.8 Å². The third kappa shape index (κ3) is 2.33. The van der Waals surface area contributed by atoms with Crippen LogP contribution in [0.2, 0.25) is 0 Å². The number of fused-ring (bicyclic) bond motifs is 1. The van der Waals surface area contributed by atoms with Gasteiger partial charge in [-0.15, -0.1) is 5.10 Å². The van der Waals surface area contributed by atoms with Crippen molar-refractivity contribution >= 4 is 11.5 Å². The molecule has 0 spiro atoms. The first-order chi connectivity index (χ1) is 8.81. The second-order valence-corrected chi connectivity index (χ2v) is 4.62. The summed E-state index contributed by atoms with van der Waals surface area (Å²) in [5, 5.41) is 15.1. The first-order valence-electron chi connectivity index (χ1n) is 6.21. The highest BCUT2D eigenvalue weighted by atomic mass is 15.2. The Labute approximate surface area is 106 Å². The summed E-state index contributed by atoms with van der Waals surface area (Å²) in [5.41, 5.74) is 4.65. The van der Waals surface area contributed by atoms with E-state index in [1.165, 1.54) is 11.1 Å². The van der Waals surface area contributed by atoms with Gasteiger partial charge in [0.2, 0.25) is 0 Å². The van der Waals surface area contributed by atoms with Crippen LogP contribution in [0.5, 0.6) is 0 Å². The van der Waals surface area contributed by atoms with Crippen LogP contribution < -0.4 is 10.6 Å². The molecule has 2 N–H and O–H groups in total. The molecule has 0 bridgehead atoms. The van der Waals surface area contributed by atoms with E-state index < -0.39 is 0 Å². The van der Waals surface area contributed by atoms with Crippen molar-refractivity contribution in [3.05, 3.63) is 47.2 Å². The van der Waals surface area contributed by atoms with Gasteiger partial charge in [0, 0.05) is 25.2 Å². The Balaban J connectivity index is 1.82. The number of benzene rings is 1. The first-order valence-corrected chi connectivity index (χ1v) is 6.21. The van der Waals surface area contributed by atoms with Crippen LogP contribution in [0.1, 0.15) is 16.8 Å². The molecule has 0 aliphatic carbocycles. The Kier molecular flexibility index (Phi) is 2.94. The minimum atomic E-state index is 0.807. The van der Waals surface area contributed by atoms with Crippen LogP contribution in [0.25, 0.3) is 0 Å². The highest BCUT2D eigenvalue weighted by molar-refractivity contribution is 5.56. The molecule has 4 nitrogen and oxygen atoms in total. The fraction of sp³-hybridized carbons (Fsp3) is 0.286. The summed E-state index contributed by atoms with van der Waals surface area (Å²) in [5.74, 6) is 0.807. The van der Waals surface area contributed by atoms with E-state index in [1.807, 2.05) is 0 Å². The molecule has 2 heterocycles. The minimum absolute atomic E-state index is 0.807. The highest BCUT2D eigenvalue weighted by Crippen LogP contribution is 2.18. The van der Waals surface area contributed by atoms with Crippen LogP contribution in [0, 0.1) is 6.92 Å². The normalized spacial score (nSPS) is 14.1. The summed E-state index contributed by atoms with van der Waals surface area (Å²) >= 11 is 0. The van der Waals surface area contributed by atoms with Crippen LogP contribution in [-0.2, 0) is 13.0 Å². The minimum Gasteiger partial charge on any atom is -0.339 e. The van der Waals surface area contributed by atoms with Crippen molar-refractivity contribution in [2.75, 3.05) is 11.9 Å². The molecule has 0 saturated heterocycles. The predicted molar refractivity (Wildman–Crippen MR) is 71.9 cm³/mol. The molecular weight excluding hydrogens is 224 g/mol. The van der Waals surface area contributed by atoms with E-state index in [4.69, 9.17) is 0 Å². The van der Waals surface area contributed by atoms with Gasteiger partial charge in [0.05, 0.1) is 5.69 Å². The molecule has 0 radical (unpaired) electrons. The summed E-state index contributed by atoms with van der Waals surface area (Å²) < 4.78 is 0. The number of aromatic nitrogens is 2. The molecule has 1 aliphatic heterocycles. The first kappa shape index (κ1) is 11.2. The Hall–Kier alpha value is -1.94. The van der Waals surface area contributed by atoms with Gasteiger partial charge in [-0.2, -0.15) is 5.10 Å². The van der Waals surface area contributed by atoms with E-state index in [0.717, 1.165) is 36.7 Å². The number of nitrogens with one attached hydrogen (secondary N) is 2. The van der Waals surface area contributed by atoms with E-state index in [-0.39, 0.29) is 0 Å². The molecule has 0 unspecified atom stereocenters. The van der Waals surface area contributed by atoms with Crippen molar-refractivity contribution < 1.29 is 0 Å². The molecule has 2 aromatic rings. The number of rotatable bonds is 2. The maximum atomic E-state index is 4.28. The summed E-state index contributed by atoms with van der Waals surface area (Å²) in [6.45, 7) is 3.95. The number of hydrogen-bond acceptors (Lipinski definition) is 4. The molecular formula is C14H16N4. The van der Waals surface area contributed by atoms with Gasteiger partial charge in [0.15, 0.2) is 5.82 Å². The van der Waals surface area contributed by atoms with Crippen molar-refractivity contribution in [1.29, 1.82) is 0 Å². The number of hydrogen-bond donors (Lipinski definition) is 2. The van der Waals surface area contributed by atoms with Gasteiger partial charge in [-0.1, -0.05) is 17.7 Å². The molecule has 3 rings (SSSR count). The highest BCUT2D eigenvalue weighted by Gasteiger charge is 2.11. The fourth-order valence-electron chi connectivity index (χ4n) is 2.09. The Bertz CT molecular complexity index is 548. The maximum Gasteiger partial charge on any atom is 0.153 e. The second-order valence-electron chi connectivity index (χ2n) is 4.62. The van der Waals surface area contributed by atoms with Crippen molar-refractivity contribution in [3.63, 3.8) is 0 Å². The standard InChI is InChI=1S/C14H16N4/c1-10-2-4-12(5-3-10)16-14-8-11-9-15-7-6-13(11)17-18-14/h2-5,8,15H,6-7,9H2,1H3,(H,16,18). The van der Waals surface area contributed by atoms with E-state index in [0.29, 0.717) is 0 Å². The number of nitrogens with zero attached hydrogens (tertiary/aromatic N) is 2. The molecule has 1 aromatic heterocycles. The monoisotopic (exact) mass is 240 g/mol. The molecule has 18 heavy (non-hydrogen) atoms. The van der Waals surface area contributed by atoms with Crippen LogP contribution in [0.3, 0.4) is 0 Å². The lowest BCUT2D eigenvalue weighted by molar-refractivity contribution is 0.621.